The molecule has 2 bridgehead atoms. The van der Waals surface area contributed by atoms with Gasteiger partial charge >= 0.3 is 5.00 Å². The van der Waals surface area contributed by atoms with Gasteiger partial charge in [0, 0.05) is 30.7 Å². The van der Waals surface area contributed by atoms with Gasteiger partial charge in [0.15, 0.2) is 0 Å². The highest BCUT2D eigenvalue weighted by Gasteiger charge is 2.39. The number of nitrogens with one attached hydrogen (secondary N) is 2. The van der Waals surface area contributed by atoms with Gasteiger partial charge in [-0.05, 0) is 44.6 Å². The first-order chi connectivity index (χ1) is 12.5. The number of hydrogen-bond donors (Lipinski definition) is 2. The van der Waals surface area contributed by atoms with Gasteiger partial charge in [0.1, 0.15) is 6.04 Å². The van der Waals surface area contributed by atoms with E-state index < -0.39 is 11.0 Å². The molecule has 8 nitrogen and oxygen atoms in total. The van der Waals surface area contributed by atoms with Crippen molar-refractivity contribution in [3.63, 3.8) is 0 Å². The minimum absolute atomic E-state index is 0.0567. The van der Waals surface area contributed by atoms with Crippen LogP contribution in [0.4, 0.5) is 5.00 Å². The number of fused-ring (bicyclic) bond motifs is 2. The standard InChI is InChI=1S/C17H22N4O4S/c22-16(19-12-8-10-3-4-11(9-12)18-10)13-2-1-7-20(13)17(23)14-5-6-15(26-14)21(24)25/h5-6,10-13,18H,1-4,7-9H2,(H,19,22). The summed E-state index contributed by atoms with van der Waals surface area (Å²) in [6.45, 7) is 0.514. The van der Waals surface area contributed by atoms with E-state index in [4.69, 9.17) is 0 Å². The average molecular weight is 378 g/mol. The Morgan fingerprint density at radius 2 is 1.96 bits per heavy atom. The van der Waals surface area contributed by atoms with Gasteiger partial charge in [0.25, 0.3) is 5.91 Å². The zero-order valence-electron chi connectivity index (χ0n) is 14.3. The highest BCUT2D eigenvalue weighted by Crippen LogP contribution is 2.29. The number of thiophene rings is 1. The van der Waals surface area contributed by atoms with Gasteiger partial charge < -0.3 is 15.5 Å². The van der Waals surface area contributed by atoms with Crippen molar-refractivity contribution in [3.05, 3.63) is 27.1 Å². The molecule has 0 aliphatic carbocycles. The molecule has 9 heteroatoms. The Kier molecular flexibility index (Phi) is 4.66. The predicted octanol–water partition coefficient (Wildman–Crippen LogP) is 1.66. The molecule has 3 aliphatic heterocycles. The molecule has 0 saturated carbocycles. The molecule has 3 saturated heterocycles. The molecule has 1 aromatic heterocycles. The van der Waals surface area contributed by atoms with Gasteiger partial charge in [-0.2, -0.15) is 0 Å². The third-order valence-corrected chi connectivity index (χ3v) is 6.64. The molecule has 2 amide bonds. The second kappa shape index (κ2) is 6.96. The number of nitro groups is 1. The van der Waals surface area contributed by atoms with Gasteiger partial charge in [0.2, 0.25) is 5.91 Å². The zero-order chi connectivity index (χ0) is 18.3. The van der Waals surface area contributed by atoms with Crippen molar-refractivity contribution in [1.29, 1.82) is 0 Å². The van der Waals surface area contributed by atoms with E-state index in [0.717, 1.165) is 30.6 Å². The van der Waals surface area contributed by atoms with Crippen molar-refractivity contribution < 1.29 is 14.5 Å². The van der Waals surface area contributed by atoms with Crippen LogP contribution in [-0.2, 0) is 4.79 Å². The Labute approximate surface area is 155 Å². The van der Waals surface area contributed by atoms with Crippen LogP contribution in [0.5, 0.6) is 0 Å². The molecule has 3 unspecified atom stereocenters. The fraction of sp³-hybridized carbons (Fsp3) is 0.647. The highest BCUT2D eigenvalue weighted by molar-refractivity contribution is 7.17. The summed E-state index contributed by atoms with van der Waals surface area (Å²) in [6.07, 6.45) is 5.64. The van der Waals surface area contributed by atoms with Gasteiger partial charge in [-0.3, -0.25) is 19.7 Å². The fourth-order valence-electron chi connectivity index (χ4n) is 4.44. The summed E-state index contributed by atoms with van der Waals surface area (Å²) in [5, 5.41) is 17.5. The van der Waals surface area contributed by atoms with Crippen LogP contribution in [0.25, 0.3) is 0 Å². The molecule has 1 aromatic rings. The maximum Gasteiger partial charge on any atom is 0.324 e. The van der Waals surface area contributed by atoms with E-state index in [-0.39, 0.29) is 22.9 Å². The van der Waals surface area contributed by atoms with Gasteiger partial charge in [-0.25, -0.2) is 0 Å². The molecule has 4 heterocycles. The zero-order valence-corrected chi connectivity index (χ0v) is 15.2. The summed E-state index contributed by atoms with van der Waals surface area (Å²) >= 11 is 0.864. The smallest absolute Gasteiger partial charge is 0.324 e. The quantitative estimate of drug-likeness (QED) is 0.612. The molecule has 0 aromatic carbocycles. The van der Waals surface area contributed by atoms with E-state index in [1.807, 2.05) is 0 Å². The molecule has 26 heavy (non-hydrogen) atoms. The number of nitrogens with zero attached hydrogens (tertiary/aromatic N) is 2. The SMILES string of the molecule is O=C(NC1CC2CCC(C1)N2)C1CCCN1C(=O)c1ccc([N+](=O)[O-])s1. The maximum atomic E-state index is 12.8. The largest absolute Gasteiger partial charge is 0.351 e. The van der Waals surface area contributed by atoms with Crippen LogP contribution < -0.4 is 10.6 Å². The second-order valence-corrected chi connectivity index (χ2v) is 8.43. The summed E-state index contributed by atoms with van der Waals surface area (Å²) in [7, 11) is 0. The maximum absolute atomic E-state index is 12.8. The molecule has 3 atom stereocenters. The van der Waals surface area contributed by atoms with E-state index in [9.17, 15) is 19.7 Å². The lowest BCUT2D eigenvalue weighted by Gasteiger charge is -2.31. The van der Waals surface area contributed by atoms with Crippen molar-refractivity contribution in [2.75, 3.05) is 6.54 Å². The minimum atomic E-state index is -0.499. The van der Waals surface area contributed by atoms with E-state index in [1.54, 1.807) is 4.90 Å². The fourth-order valence-corrected chi connectivity index (χ4v) is 5.21. The summed E-state index contributed by atoms with van der Waals surface area (Å²) in [5.74, 6) is -0.376. The van der Waals surface area contributed by atoms with Crippen LogP contribution in [0, 0.1) is 10.1 Å². The molecular formula is C17H22N4O4S. The van der Waals surface area contributed by atoms with Crippen molar-refractivity contribution in [2.45, 2.75) is 62.7 Å². The first kappa shape index (κ1) is 17.4. The Morgan fingerprint density at radius 1 is 1.23 bits per heavy atom. The van der Waals surface area contributed by atoms with Crippen LogP contribution in [0.15, 0.2) is 12.1 Å². The van der Waals surface area contributed by atoms with Gasteiger partial charge in [-0.15, -0.1) is 0 Å². The highest BCUT2D eigenvalue weighted by atomic mass is 32.1. The molecule has 3 fully saturated rings. The lowest BCUT2D eigenvalue weighted by Crippen LogP contribution is -2.53. The first-order valence-corrected chi connectivity index (χ1v) is 9.94. The molecular weight excluding hydrogens is 356 g/mol. The van der Waals surface area contributed by atoms with Crippen molar-refractivity contribution in [2.24, 2.45) is 0 Å². The summed E-state index contributed by atoms with van der Waals surface area (Å²) in [4.78, 5) is 37.7. The van der Waals surface area contributed by atoms with E-state index in [1.165, 1.54) is 25.0 Å². The second-order valence-electron chi connectivity index (χ2n) is 7.37. The van der Waals surface area contributed by atoms with Crippen LogP contribution in [0.3, 0.4) is 0 Å². The summed E-state index contributed by atoms with van der Waals surface area (Å²) in [5.41, 5.74) is 0. The Hall–Kier alpha value is -2.00. The number of carbonyl (C=O) groups is 2. The van der Waals surface area contributed by atoms with Crippen molar-refractivity contribution >= 4 is 28.2 Å². The van der Waals surface area contributed by atoms with E-state index in [2.05, 4.69) is 10.6 Å². The Balaban J connectivity index is 1.41. The van der Waals surface area contributed by atoms with Crippen molar-refractivity contribution in [1.82, 2.24) is 15.5 Å². The average Bonchev–Trinajstić information content (AvgIpc) is 3.33. The van der Waals surface area contributed by atoms with Crippen LogP contribution >= 0.6 is 11.3 Å². The van der Waals surface area contributed by atoms with E-state index >= 15 is 0 Å². The number of hydrogen-bond acceptors (Lipinski definition) is 6. The molecule has 2 N–H and O–H groups in total. The Bertz CT molecular complexity index is 724. The minimum Gasteiger partial charge on any atom is -0.351 e. The molecule has 0 radical (unpaired) electrons. The number of carbonyl (C=O) groups excluding carboxylic acids is 2. The number of likely N-dealkylation sites (tertiary alicyclic amines) is 1. The number of piperidine rings is 1. The van der Waals surface area contributed by atoms with E-state index in [0.29, 0.717) is 29.9 Å². The number of rotatable bonds is 4. The van der Waals surface area contributed by atoms with Crippen molar-refractivity contribution in [3.8, 4) is 0 Å². The topological polar surface area (TPSA) is 105 Å². The predicted molar refractivity (Wildman–Crippen MR) is 96.1 cm³/mol. The molecule has 4 rings (SSSR count). The van der Waals surface area contributed by atoms with Crippen LogP contribution in [0.2, 0.25) is 0 Å². The Morgan fingerprint density at radius 3 is 2.62 bits per heavy atom. The lowest BCUT2D eigenvalue weighted by molar-refractivity contribution is -0.380. The van der Waals surface area contributed by atoms with Gasteiger partial charge in [0.05, 0.1) is 9.80 Å². The summed E-state index contributed by atoms with van der Waals surface area (Å²) in [6, 6.07) is 3.49. The van der Waals surface area contributed by atoms with Crippen LogP contribution in [0.1, 0.15) is 48.2 Å². The lowest BCUT2D eigenvalue weighted by atomic mass is 9.99. The first-order valence-electron chi connectivity index (χ1n) is 9.13. The monoisotopic (exact) mass is 378 g/mol. The normalized spacial score (nSPS) is 30.4. The molecule has 3 aliphatic rings. The number of amides is 2. The summed E-state index contributed by atoms with van der Waals surface area (Å²) < 4.78 is 0. The van der Waals surface area contributed by atoms with Gasteiger partial charge in [-0.1, -0.05) is 11.3 Å². The molecule has 0 spiro atoms. The molecule has 140 valence electrons. The van der Waals surface area contributed by atoms with Crippen LogP contribution in [-0.4, -0.2) is 52.3 Å². The third-order valence-electron chi connectivity index (χ3n) is 5.62. The third kappa shape index (κ3) is 3.33.